The van der Waals surface area contributed by atoms with Crippen LogP contribution in [-0.2, 0) is 4.74 Å². The minimum Gasteiger partial charge on any atom is -0.478 e. The Morgan fingerprint density at radius 2 is 2.26 bits per heavy atom. The maximum Gasteiger partial charge on any atom is 0.337 e. The summed E-state index contributed by atoms with van der Waals surface area (Å²) < 4.78 is 5.55. The van der Waals surface area contributed by atoms with Gasteiger partial charge in [-0.05, 0) is 31.9 Å². The number of hydrogen-bond donors (Lipinski definition) is 2. The monoisotopic (exact) mass is 264 g/mol. The Balaban J connectivity index is 2.32. The molecule has 3 N–H and O–H groups in total. The average Bonchev–Trinajstić information content (AvgIpc) is 2.38. The fourth-order valence-corrected chi connectivity index (χ4v) is 2.59. The highest BCUT2D eigenvalue weighted by Crippen LogP contribution is 2.32. The number of nitrogen functional groups attached to an aromatic ring is 1. The Morgan fingerprint density at radius 1 is 1.53 bits per heavy atom. The van der Waals surface area contributed by atoms with Gasteiger partial charge in [-0.2, -0.15) is 0 Å². The second-order valence-electron chi connectivity index (χ2n) is 5.22. The molecule has 0 aromatic heterocycles. The highest BCUT2D eigenvalue weighted by atomic mass is 16.5. The molecule has 0 spiro atoms. The minimum absolute atomic E-state index is 0.155. The summed E-state index contributed by atoms with van der Waals surface area (Å²) in [5, 5.41) is 9.11. The number of anilines is 2. The molecule has 2 rings (SSSR count). The van der Waals surface area contributed by atoms with Gasteiger partial charge in [0.1, 0.15) is 0 Å². The highest BCUT2D eigenvalue weighted by molar-refractivity contribution is 5.97. The summed E-state index contributed by atoms with van der Waals surface area (Å²) >= 11 is 0. The van der Waals surface area contributed by atoms with Crippen molar-refractivity contribution in [1.29, 1.82) is 0 Å². The maximum absolute atomic E-state index is 11.1. The van der Waals surface area contributed by atoms with Crippen molar-refractivity contribution in [2.45, 2.75) is 25.4 Å². The van der Waals surface area contributed by atoms with Gasteiger partial charge in [-0.3, -0.25) is 0 Å². The summed E-state index contributed by atoms with van der Waals surface area (Å²) in [4.78, 5) is 13.2. The number of ether oxygens (including phenoxy) is 1. The second kappa shape index (κ2) is 5.09. The first-order chi connectivity index (χ1) is 8.97. The predicted molar refractivity (Wildman–Crippen MR) is 74.7 cm³/mol. The molecule has 5 nitrogen and oxygen atoms in total. The van der Waals surface area contributed by atoms with E-state index in [-0.39, 0.29) is 11.2 Å². The normalized spacial score (nSPS) is 23.4. The zero-order chi connectivity index (χ0) is 14.0. The van der Waals surface area contributed by atoms with Gasteiger partial charge in [0.2, 0.25) is 0 Å². The van der Waals surface area contributed by atoms with Crippen LogP contribution in [0.5, 0.6) is 0 Å². The van der Waals surface area contributed by atoms with Gasteiger partial charge < -0.3 is 20.5 Å². The van der Waals surface area contributed by atoms with Crippen LogP contribution in [0.2, 0.25) is 0 Å². The highest BCUT2D eigenvalue weighted by Gasteiger charge is 2.31. The lowest BCUT2D eigenvalue weighted by molar-refractivity contribution is -0.00462. The first-order valence-electron chi connectivity index (χ1n) is 6.39. The number of benzene rings is 1. The number of rotatable bonds is 3. The van der Waals surface area contributed by atoms with E-state index in [1.165, 1.54) is 6.07 Å². The third-order valence-corrected chi connectivity index (χ3v) is 3.81. The van der Waals surface area contributed by atoms with Gasteiger partial charge in [0.05, 0.1) is 22.5 Å². The molecule has 0 radical (unpaired) electrons. The van der Waals surface area contributed by atoms with Crippen molar-refractivity contribution in [3.8, 4) is 0 Å². The molecule has 1 heterocycles. The van der Waals surface area contributed by atoms with Crippen LogP contribution in [-0.4, -0.2) is 36.9 Å². The molecule has 0 saturated carbocycles. The van der Waals surface area contributed by atoms with Crippen LogP contribution in [0.1, 0.15) is 30.1 Å². The number of carboxylic acid groups (broad SMARTS) is 1. The molecule has 1 aromatic rings. The van der Waals surface area contributed by atoms with Crippen LogP contribution in [0, 0.1) is 0 Å². The van der Waals surface area contributed by atoms with Crippen molar-refractivity contribution in [1.82, 2.24) is 0 Å². The van der Waals surface area contributed by atoms with Crippen LogP contribution in [0.3, 0.4) is 0 Å². The Morgan fingerprint density at radius 3 is 2.89 bits per heavy atom. The number of carbonyl (C=O) groups is 1. The summed E-state index contributed by atoms with van der Waals surface area (Å²) in [6.07, 6.45) is 2.00. The van der Waals surface area contributed by atoms with E-state index in [0.29, 0.717) is 5.69 Å². The van der Waals surface area contributed by atoms with Crippen molar-refractivity contribution in [2.24, 2.45) is 0 Å². The molecule has 1 aliphatic heterocycles. The van der Waals surface area contributed by atoms with E-state index in [1.54, 1.807) is 13.2 Å². The molecule has 0 bridgehead atoms. The zero-order valence-electron chi connectivity index (χ0n) is 11.3. The lowest BCUT2D eigenvalue weighted by atomic mass is 9.94. The van der Waals surface area contributed by atoms with E-state index in [2.05, 4.69) is 11.8 Å². The van der Waals surface area contributed by atoms with Crippen molar-refractivity contribution >= 4 is 17.3 Å². The van der Waals surface area contributed by atoms with Gasteiger partial charge >= 0.3 is 5.97 Å². The fraction of sp³-hybridized carbons (Fsp3) is 0.500. The molecule has 5 heteroatoms. The first-order valence-corrected chi connectivity index (χ1v) is 6.39. The van der Waals surface area contributed by atoms with E-state index in [4.69, 9.17) is 15.6 Å². The van der Waals surface area contributed by atoms with Gasteiger partial charge in [0.15, 0.2) is 0 Å². The van der Waals surface area contributed by atoms with Crippen LogP contribution in [0.25, 0.3) is 0 Å². The lowest BCUT2D eigenvalue weighted by Crippen LogP contribution is -2.47. The minimum atomic E-state index is -0.995. The zero-order valence-corrected chi connectivity index (χ0v) is 11.3. The van der Waals surface area contributed by atoms with Gasteiger partial charge in [-0.15, -0.1) is 0 Å². The number of hydrogen-bond acceptors (Lipinski definition) is 4. The van der Waals surface area contributed by atoms with Crippen molar-refractivity contribution in [3.63, 3.8) is 0 Å². The molecule has 1 saturated heterocycles. The molecule has 1 aliphatic rings. The van der Waals surface area contributed by atoms with Crippen LogP contribution in [0.4, 0.5) is 11.4 Å². The van der Waals surface area contributed by atoms with Gasteiger partial charge in [-0.1, -0.05) is 6.07 Å². The summed E-state index contributed by atoms with van der Waals surface area (Å²) in [7, 11) is 1.71. The van der Waals surface area contributed by atoms with Gasteiger partial charge in [0, 0.05) is 20.2 Å². The molecule has 0 amide bonds. The molecule has 1 fully saturated rings. The number of nitrogens with zero attached hydrogens (tertiary/aromatic N) is 1. The largest absolute Gasteiger partial charge is 0.478 e. The number of nitrogens with two attached hydrogens (primary N) is 1. The fourth-order valence-electron chi connectivity index (χ4n) is 2.59. The Hall–Kier alpha value is -1.75. The second-order valence-corrected chi connectivity index (χ2v) is 5.22. The average molecular weight is 264 g/mol. The molecule has 1 atom stereocenters. The quantitative estimate of drug-likeness (QED) is 0.816. The first kappa shape index (κ1) is 13.7. The van der Waals surface area contributed by atoms with Crippen molar-refractivity contribution in [3.05, 3.63) is 23.8 Å². The predicted octanol–water partition coefficient (Wildman–Crippen LogP) is 1.97. The van der Waals surface area contributed by atoms with E-state index >= 15 is 0 Å². The summed E-state index contributed by atoms with van der Waals surface area (Å²) in [5.41, 5.74) is 7.04. The Kier molecular flexibility index (Phi) is 3.66. The standard InChI is InChI=1S/C14H20N2O3/c1-14(19-2)7-4-8-16(9-14)11-6-3-5-10(12(11)15)13(17)18/h3,5-6H,4,7-9,15H2,1-2H3,(H,17,18). The van der Waals surface area contributed by atoms with E-state index in [0.717, 1.165) is 31.6 Å². The third-order valence-electron chi connectivity index (χ3n) is 3.81. The summed E-state index contributed by atoms with van der Waals surface area (Å²) in [6.45, 7) is 3.65. The third kappa shape index (κ3) is 2.66. The molecule has 1 unspecified atom stereocenters. The Bertz CT molecular complexity index is 490. The molecule has 1 aromatic carbocycles. The van der Waals surface area contributed by atoms with Crippen LogP contribution < -0.4 is 10.6 Å². The molecular weight excluding hydrogens is 244 g/mol. The van der Waals surface area contributed by atoms with E-state index < -0.39 is 5.97 Å². The van der Waals surface area contributed by atoms with Gasteiger partial charge in [-0.25, -0.2) is 4.79 Å². The molecule has 104 valence electrons. The molecular formula is C14H20N2O3. The van der Waals surface area contributed by atoms with Crippen LogP contribution >= 0.6 is 0 Å². The smallest absolute Gasteiger partial charge is 0.337 e. The number of carboxylic acids is 1. The summed E-state index contributed by atoms with van der Waals surface area (Å²) in [5.74, 6) is -0.995. The lowest BCUT2D eigenvalue weighted by Gasteiger charge is -2.41. The Labute approximate surface area is 113 Å². The van der Waals surface area contributed by atoms with Gasteiger partial charge in [0.25, 0.3) is 0 Å². The number of aromatic carboxylic acids is 1. The van der Waals surface area contributed by atoms with Crippen LogP contribution in [0.15, 0.2) is 18.2 Å². The van der Waals surface area contributed by atoms with E-state index in [9.17, 15) is 4.79 Å². The number of para-hydroxylation sites is 1. The molecule has 19 heavy (non-hydrogen) atoms. The van der Waals surface area contributed by atoms with Crippen molar-refractivity contribution in [2.75, 3.05) is 30.8 Å². The van der Waals surface area contributed by atoms with Crippen molar-refractivity contribution < 1.29 is 14.6 Å². The molecule has 0 aliphatic carbocycles. The topological polar surface area (TPSA) is 75.8 Å². The maximum atomic E-state index is 11.1. The van der Waals surface area contributed by atoms with E-state index in [1.807, 2.05) is 6.07 Å². The SMILES string of the molecule is COC1(C)CCCN(c2cccc(C(=O)O)c2N)C1. The number of methoxy groups -OCH3 is 1. The summed E-state index contributed by atoms with van der Waals surface area (Å²) in [6, 6.07) is 5.12. The number of piperidine rings is 1.